The van der Waals surface area contributed by atoms with Crippen LogP contribution in [-0.4, -0.2) is 24.5 Å². The molecule has 0 unspecified atom stereocenters. The number of imide groups is 2. The van der Waals surface area contributed by atoms with E-state index in [1.54, 1.807) is 84.9 Å². The summed E-state index contributed by atoms with van der Waals surface area (Å²) >= 11 is 12.7. The van der Waals surface area contributed by atoms with Crippen molar-refractivity contribution < 1.29 is 23.9 Å². The Bertz CT molecular complexity index is 1580. The molecule has 41 heavy (non-hydrogen) atoms. The van der Waals surface area contributed by atoms with Crippen LogP contribution in [0.3, 0.4) is 0 Å². The van der Waals surface area contributed by atoms with Crippen molar-refractivity contribution >= 4 is 58.5 Å². The van der Waals surface area contributed by atoms with Gasteiger partial charge in [0, 0.05) is 5.02 Å². The Morgan fingerprint density at radius 3 is 1.90 bits per heavy atom. The van der Waals surface area contributed by atoms with Gasteiger partial charge in [-0.2, -0.15) is 0 Å². The molecular formula is C32H24Cl2N2O5. The Labute approximate surface area is 247 Å². The molecule has 1 aliphatic rings. The zero-order valence-electron chi connectivity index (χ0n) is 21.9. The molecule has 9 heteroatoms. The molecule has 0 saturated carbocycles. The molecule has 0 atom stereocenters. The van der Waals surface area contributed by atoms with E-state index in [1.165, 1.54) is 6.08 Å². The number of urea groups is 1. The van der Waals surface area contributed by atoms with Crippen LogP contribution in [0.5, 0.6) is 11.5 Å². The van der Waals surface area contributed by atoms with Crippen molar-refractivity contribution in [1.29, 1.82) is 0 Å². The standard InChI is InChI=1S/C32H24Cl2N2O5/c1-2-40-28-19-22(18-27(34)29(28)41-20-21-10-9-11-23(33)16-21)17-26-30(37)35(24-12-5-3-6-13-24)32(39)36(31(26)38)25-14-7-4-8-15-25/h3-19H,2,20H2,1H3. The minimum Gasteiger partial charge on any atom is -0.490 e. The summed E-state index contributed by atoms with van der Waals surface area (Å²) in [6.45, 7) is 2.33. The first-order valence-electron chi connectivity index (χ1n) is 12.8. The van der Waals surface area contributed by atoms with Crippen molar-refractivity contribution in [1.82, 2.24) is 0 Å². The van der Waals surface area contributed by atoms with E-state index in [1.807, 2.05) is 19.1 Å². The van der Waals surface area contributed by atoms with Crippen molar-refractivity contribution in [2.45, 2.75) is 13.5 Å². The minimum absolute atomic E-state index is 0.192. The molecule has 4 aromatic carbocycles. The van der Waals surface area contributed by atoms with Gasteiger partial charge in [0.2, 0.25) is 0 Å². The predicted molar refractivity (Wildman–Crippen MR) is 160 cm³/mol. The smallest absolute Gasteiger partial charge is 0.343 e. The zero-order valence-corrected chi connectivity index (χ0v) is 23.4. The molecule has 0 aliphatic carbocycles. The monoisotopic (exact) mass is 586 g/mol. The summed E-state index contributed by atoms with van der Waals surface area (Å²) in [7, 11) is 0. The van der Waals surface area contributed by atoms with E-state index in [2.05, 4.69) is 0 Å². The van der Waals surface area contributed by atoms with Crippen molar-refractivity contribution in [3.05, 3.63) is 124 Å². The Balaban J connectivity index is 1.55. The first-order chi connectivity index (χ1) is 19.9. The number of rotatable bonds is 8. The van der Waals surface area contributed by atoms with E-state index in [9.17, 15) is 14.4 Å². The van der Waals surface area contributed by atoms with E-state index in [0.717, 1.165) is 15.4 Å². The van der Waals surface area contributed by atoms with Gasteiger partial charge in [-0.15, -0.1) is 0 Å². The number of amides is 4. The highest BCUT2D eigenvalue weighted by atomic mass is 35.5. The van der Waals surface area contributed by atoms with Crippen LogP contribution in [0.1, 0.15) is 18.1 Å². The first-order valence-corrected chi connectivity index (χ1v) is 13.5. The topological polar surface area (TPSA) is 76.2 Å². The molecule has 206 valence electrons. The summed E-state index contributed by atoms with van der Waals surface area (Å²) in [5.74, 6) is -0.869. The maximum atomic E-state index is 13.7. The molecule has 7 nitrogen and oxygen atoms in total. The average Bonchev–Trinajstić information content (AvgIpc) is 2.96. The van der Waals surface area contributed by atoms with Crippen LogP contribution in [-0.2, 0) is 16.2 Å². The summed E-state index contributed by atoms with van der Waals surface area (Å²) in [6, 6.07) is 26.6. The number of benzene rings is 4. The lowest BCUT2D eigenvalue weighted by atomic mass is 10.0. The molecule has 1 aliphatic heterocycles. The third-order valence-electron chi connectivity index (χ3n) is 6.19. The molecule has 0 radical (unpaired) electrons. The molecule has 0 N–H and O–H groups in total. The van der Waals surface area contributed by atoms with Crippen LogP contribution < -0.4 is 19.3 Å². The summed E-state index contributed by atoms with van der Waals surface area (Å²) in [4.78, 5) is 42.8. The van der Waals surface area contributed by atoms with Gasteiger partial charge in [0.25, 0.3) is 11.8 Å². The highest BCUT2D eigenvalue weighted by molar-refractivity contribution is 6.46. The molecule has 5 rings (SSSR count). The fourth-order valence-electron chi connectivity index (χ4n) is 4.36. The van der Waals surface area contributed by atoms with Crippen molar-refractivity contribution in [3.63, 3.8) is 0 Å². The van der Waals surface area contributed by atoms with Crippen LogP contribution in [0.25, 0.3) is 6.08 Å². The van der Waals surface area contributed by atoms with Crippen molar-refractivity contribution in [2.75, 3.05) is 16.4 Å². The van der Waals surface area contributed by atoms with E-state index in [-0.39, 0.29) is 17.2 Å². The molecule has 1 fully saturated rings. The first kappa shape index (κ1) is 28.0. The van der Waals surface area contributed by atoms with E-state index in [4.69, 9.17) is 32.7 Å². The Hall–Kier alpha value is -4.59. The summed E-state index contributed by atoms with van der Waals surface area (Å²) in [6.07, 6.45) is 1.40. The summed E-state index contributed by atoms with van der Waals surface area (Å²) < 4.78 is 11.8. The third kappa shape index (κ3) is 5.96. The average molecular weight is 587 g/mol. The molecule has 4 amide bonds. The van der Waals surface area contributed by atoms with Gasteiger partial charge in [-0.05, 0) is 72.7 Å². The number of anilines is 2. The van der Waals surface area contributed by atoms with E-state index < -0.39 is 17.8 Å². The third-order valence-corrected chi connectivity index (χ3v) is 6.71. The molecule has 1 heterocycles. The summed E-state index contributed by atoms with van der Waals surface area (Å²) in [5.41, 5.74) is 1.70. The van der Waals surface area contributed by atoms with Crippen LogP contribution in [0.4, 0.5) is 16.2 Å². The van der Waals surface area contributed by atoms with Crippen molar-refractivity contribution in [3.8, 4) is 11.5 Å². The Morgan fingerprint density at radius 1 is 0.732 bits per heavy atom. The second-order valence-electron chi connectivity index (χ2n) is 8.97. The number of ether oxygens (including phenoxy) is 2. The SMILES string of the molecule is CCOc1cc(C=C2C(=O)N(c3ccccc3)C(=O)N(c3ccccc3)C2=O)cc(Cl)c1OCc1cccc(Cl)c1. The van der Waals surface area contributed by atoms with Gasteiger partial charge in [0.15, 0.2) is 11.5 Å². The molecule has 4 aromatic rings. The van der Waals surface area contributed by atoms with Gasteiger partial charge in [0.05, 0.1) is 23.0 Å². The van der Waals surface area contributed by atoms with Gasteiger partial charge in [-0.1, -0.05) is 71.7 Å². The minimum atomic E-state index is -0.771. The Morgan fingerprint density at radius 2 is 1.34 bits per heavy atom. The van der Waals surface area contributed by atoms with Gasteiger partial charge in [-0.25, -0.2) is 14.6 Å². The lowest BCUT2D eigenvalue weighted by Crippen LogP contribution is -2.57. The second-order valence-corrected chi connectivity index (χ2v) is 9.82. The van der Waals surface area contributed by atoms with E-state index in [0.29, 0.717) is 40.1 Å². The van der Waals surface area contributed by atoms with E-state index >= 15 is 0 Å². The van der Waals surface area contributed by atoms with Gasteiger partial charge < -0.3 is 9.47 Å². The lowest BCUT2D eigenvalue weighted by Gasteiger charge is -2.34. The molecular weight excluding hydrogens is 563 g/mol. The fourth-order valence-corrected chi connectivity index (χ4v) is 4.85. The van der Waals surface area contributed by atoms with Gasteiger partial charge in [0.1, 0.15) is 12.2 Å². The molecule has 0 spiro atoms. The highest BCUT2D eigenvalue weighted by Gasteiger charge is 2.43. The maximum absolute atomic E-state index is 13.7. The number of hydrogen-bond donors (Lipinski definition) is 0. The van der Waals surface area contributed by atoms with Crippen LogP contribution in [0, 0.1) is 0 Å². The number of halogens is 2. The van der Waals surface area contributed by atoms with Crippen LogP contribution >= 0.6 is 23.2 Å². The van der Waals surface area contributed by atoms with Gasteiger partial charge in [-0.3, -0.25) is 9.59 Å². The van der Waals surface area contributed by atoms with Crippen molar-refractivity contribution in [2.24, 2.45) is 0 Å². The molecule has 1 saturated heterocycles. The normalized spacial score (nSPS) is 13.4. The second kappa shape index (κ2) is 12.3. The Kier molecular flexibility index (Phi) is 8.38. The van der Waals surface area contributed by atoms with Crippen LogP contribution in [0.2, 0.25) is 10.0 Å². The van der Waals surface area contributed by atoms with Crippen LogP contribution in [0.15, 0.2) is 103 Å². The largest absolute Gasteiger partial charge is 0.490 e. The molecule has 0 bridgehead atoms. The number of carbonyl (C=O) groups is 3. The molecule has 0 aromatic heterocycles. The maximum Gasteiger partial charge on any atom is 0.343 e. The number of barbiturate groups is 1. The van der Waals surface area contributed by atoms with Gasteiger partial charge >= 0.3 is 6.03 Å². The number of para-hydroxylation sites is 2. The summed E-state index contributed by atoms with van der Waals surface area (Å²) in [5, 5.41) is 0.801. The zero-order chi connectivity index (χ0) is 28.9. The quantitative estimate of drug-likeness (QED) is 0.157. The number of nitrogens with zero attached hydrogens (tertiary/aromatic N) is 2. The number of carbonyl (C=O) groups excluding carboxylic acids is 3. The fraction of sp³-hybridized carbons (Fsp3) is 0.0938. The number of hydrogen-bond acceptors (Lipinski definition) is 5. The predicted octanol–water partition coefficient (Wildman–Crippen LogP) is 7.55. The highest BCUT2D eigenvalue weighted by Crippen LogP contribution is 2.39. The lowest BCUT2D eigenvalue weighted by molar-refractivity contribution is -0.121.